The molecular formula is C16H22O5S. The van der Waals surface area contributed by atoms with Crippen LogP contribution in [0, 0.1) is 0 Å². The van der Waals surface area contributed by atoms with E-state index in [-0.39, 0.29) is 30.1 Å². The number of ether oxygens (including phenoxy) is 1. The fraction of sp³-hybridized carbons (Fsp3) is 0.500. The van der Waals surface area contributed by atoms with Crippen LogP contribution in [0.5, 0.6) is 0 Å². The van der Waals surface area contributed by atoms with Gasteiger partial charge in [0, 0.05) is 12.8 Å². The third-order valence-electron chi connectivity index (χ3n) is 2.71. The van der Waals surface area contributed by atoms with Crippen molar-refractivity contribution < 1.29 is 22.7 Å². The third kappa shape index (κ3) is 6.85. The van der Waals surface area contributed by atoms with Crippen LogP contribution < -0.4 is 0 Å². The molecule has 0 aliphatic heterocycles. The standard InChI is InChI=1S/C16H22O5S/c1-16(2,3)21-15(18)11-7-8-13(17)12-22(19,20)14-9-5-4-6-10-14/h4-6,9-10H,7-8,11-12H2,1-3H3. The van der Waals surface area contributed by atoms with E-state index in [1.165, 1.54) is 12.1 Å². The highest BCUT2D eigenvalue weighted by molar-refractivity contribution is 7.92. The zero-order valence-electron chi connectivity index (χ0n) is 13.2. The first kappa shape index (κ1) is 18.4. The number of carbonyl (C=O) groups excluding carboxylic acids is 2. The summed E-state index contributed by atoms with van der Waals surface area (Å²) in [6.45, 7) is 5.30. The molecule has 5 nitrogen and oxygen atoms in total. The normalized spacial score (nSPS) is 12.0. The Hall–Kier alpha value is -1.69. The summed E-state index contributed by atoms with van der Waals surface area (Å²) in [7, 11) is -3.60. The van der Waals surface area contributed by atoms with Crippen LogP contribution in [0.25, 0.3) is 0 Å². The van der Waals surface area contributed by atoms with Crippen LogP contribution in [0.2, 0.25) is 0 Å². The summed E-state index contributed by atoms with van der Waals surface area (Å²) in [4.78, 5) is 23.4. The van der Waals surface area contributed by atoms with Gasteiger partial charge in [0.1, 0.15) is 17.1 Å². The highest BCUT2D eigenvalue weighted by Gasteiger charge is 2.20. The van der Waals surface area contributed by atoms with E-state index in [4.69, 9.17) is 4.74 Å². The Kier molecular flexibility index (Phi) is 6.29. The minimum Gasteiger partial charge on any atom is -0.460 e. The second-order valence-corrected chi connectivity index (χ2v) is 8.04. The van der Waals surface area contributed by atoms with E-state index in [0.29, 0.717) is 0 Å². The van der Waals surface area contributed by atoms with Gasteiger partial charge in [-0.2, -0.15) is 0 Å². The largest absolute Gasteiger partial charge is 0.460 e. The number of rotatable bonds is 7. The van der Waals surface area contributed by atoms with E-state index in [9.17, 15) is 18.0 Å². The van der Waals surface area contributed by atoms with Crippen LogP contribution in [0.4, 0.5) is 0 Å². The molecule has 0 spiro atoms. The predicted molar refractivity (Wildman–Crippen MR) is 83.2 cm³/mol. The van der Waals surface area contributed by atoms with Crippen molar-refractivity contribution in [2.75, 3.05) is 5.75 Å². The van der Waals surface area contributed by atoms with E-state index in [2.05, 4.69) is 0 Å². The van der Waals surface area contributed by atoms with Gasteiger partial charge in [-0.1, -0.05) is 18.2 Å². The lowest BCUT2D eigenvalue weighted by Gasteiger charge is -2.19. The first-order chi connectivity index (χ1) is 10.1. The number of esters is 1. The van der Waals surface area contributed by atoms with Gasteiger partial charge in [0.2, 0.25) is 0 Å². The van der Waals surface area contributed by atoms with Crippen molar-refractivity contribution >= 4 is 21.6 Å². The van der Waals surface area contributed by atoms with E-state index < -0.39 is 27.0 Å². The first-order valence-corrected chi connectivity index (χ1v) is 8.77. The minimum atomic E-state index is -3.60. The monoisotopic (exact) mass is 326 g/mol. The summed E-state index contributed by atoms with van der Waals surface area (Å²) >= 11 is 0. The molecule has 0 amide bonds. The molecule has 1 aromatic carbocycles. The molecule has 0 bridgehead atoms. The Labute approximate surface area is 131 Å². The number of ketones is 1. The van der Waals surface area contributed by atoms with Crippen molar-refractivity contribution in [3.8, 4) is 0 Å². The lowest BCUT2D eigenvalue weighted by atomic mass is 10.1. The molecule has 0 aliphatic carbocycles. The van der Waals surface area contributed by atoms with Crippen LogP contribution in [-0.4, -0.2) is 31.5 Å². The zero-order chi connectivity index (χ0) is 16.8. The molecule has 122 valence electrons. The van der Waals surface area contributed by atoms with Gasteiger partial charge < -0.3 is 4.74 Å². The Morgan fingerprint density at radius 1 is 1.05 bits per heavy atom. The summed E-state index contributed by atoms with van der Waals surface area (Å²) in [5.41, 5.74) is -0.558. The molecule has 0 aromatic heterocycles. The molecule has 22 heavy (non-hydrogen) atoms. The molecule has 6 heteroatoms. The van der Waals surface area contributed by atoms with Gasteiger partial charge in [0.15, 0.2) is 9.84 Å². The van der Waals surface area contributed by atoms with Crippen LogP contribution >= 0.6 is 0 Å². The van der Waals surface area contributed by atoms with Crippen LogP contribution in [0.1, 0.15) is 40.0 Å². The number of hydrogen-bond acceptors (Lipinski definition) is 5. The van der Waals surface area contributed by atoms with E-state index in [0.717, 1.165) is 0 Å². The molecule has 0 heterocycles. The molecule has 0 N–H and O–H groups in total. The molecular weight excluding hydrogens is 304 g/mol. The maximum Gasteiger partial charge on any atom is 0.306 e. The van der Waals surface area contributed by atoms with Gasteiger partial charge in [-0.05, 0) is 39.3 Å². The lowest BCUT2D eigenvalue weighted by molar-refractivity contribution is -0.154. The molecule has 1 rings (SSSR count). The number of sulfone groups is 1. The van der Waals surface area contributed by atoms with E-state index >= 15 is 0 Å². The predicted octanol–water partition coefficient (Wildman–Crippen LogP) is 2.54. The van der Waals surface area contributed by atoms with Gasteiger partial charge in [-0.3, -0.25) is 9.59 Å². The van der Waals surface area contributed by atoms with Crippen molar-refractivity contribution in [1.29, 1.82) is 0 Å². The lowest BCUT2D eigenvalue weighted by Crippen LogP contribution is -2.24. The average Bonchev–Trinajstić information content (AvgIpc) is 2.37. The molecule has 0 atom stereocenters. The van der Waals surface area contributed by atoms with E-state index in [1.54, 1.807) is 39.0 Å². The summed E-state index contributed by atoms with van der Waals surface area (Å²) in [6.07, 6.45) is 0.442. The van der Waals surface area contributed by atoms with Gasteiger partial charge in [-0.15, -0.1) is 0 Å². The summed E-state index contributed by atoms with van der Waals surface area (Å²) in [5, 5.41) is 0. The molecule has 0 radical (unpaired) electrons. The Balaban J connectivity index is 2.43. The number of carbonyl (C=O) groups is 2. The van der Waals surface area contributed by atoms with Crippen molar-refractivity contribution in [2.45, 2.75) is 50.5 Å². The van der Waals surface area contributed by atoms with Crippen LogP contribution in [0.3, 0.4) is 0 Å². The SMILES string of the molecule is CC(C)(C)OC(=O)CCCC(=O)CS(=O)(=O)c1ccccc1. The second-order valence-electron chi connectivity index (χ2n) is 6.05. The minimum absolute atomic E-state index is 0.0469. The quantitative estimate of drug-likeness (QED) is 0.720. The zero-order valence-corrected chi connectivity index (χ0v) is 14.0. The summed E-state index contributed by atoms with van der Waals surface area (Å²) < 4.78 is 29.2. The molecule has 0 aliphatic rings. The molecule has 0 saturated carbocycles. The average molecular weight is 326 g/mol. The molecule has 0 saturated heterocycles. The number of benzene rings is 1. The highest BCUT2D eigenvalue weighted by Crippen LogP contribution is 2.13. The Bertz CT molecular complexity index is 612. The van der Waals surface area contributed by atoms with Crippen molar-refractivity contribution in [1.82, 2.24) is 0 Å². The van der Waals surface area contributed by atoms with Gasteiger partial charge >= 0.3 is 5.97 Å². The number of hydrogen-bond donors (Lipinski definition) is 0. The maximum absolute atomic E-state index is 12.0. The summed E-state index contributed by atoms with van der Waals surface area (Å²) in [6, 6.07) is 7.86. The van der Waals surface area contributed by atoms with Gasteiger partial charge in [0.25, 0.3) is 0 Å². The van der Waals surface area contributed by atoms with Crippen molar-refractivity contribution in [2.24, 2.45) is 0 Å². The Morgan fingerprint density at radius 2 is 1.64 bits per heavy atom. The van der Waals surface area contributed by atoms with E-state index in [1.807, 2.05) is 0 Å². The number of Topliss-reactive ketones (excluding diaryl/α,β-unsaturated/α-hetero) is 1. The van der Waals surface area contributed by atoms with Crippen LogP contribution in [0.15, 0.2) is 35.2 Å². The summed E-state index contributed by atoms with van der Waals surface area (Å²) in [5.74, 6) is -1.32. The molecule has 0 unspecified atom stereocenters. The molecule has 1 aromatic rings. The maximum atomic E-state index is 12.0. The topological polar surface area (TPSA) is 77.5 Å². The second kappa shape index (κ2) is 7.54. The van der Waals surface area contributed by atoms with Crippen molar-refractivity contribution in [3.05, 3.63) is 30.3 Å². The fourth-order valence-electron chi connectivity index (χ4n) is 1.82. The van der Waals surface area contributed by atoms with Gasteiger partial charge in [-0.25, -0.2) is 8.42 Å². The smallest absolute Gasteiger partial charge is 0.306 e. The first-order valence-electron chi connectivity index (χ1n) is 7.11. The van der Waals surface area contributed by atoms with Crippen LogP contribution in [-0.2, 0) is 24.2 Å². The fourth-order valence-corrected chi connectivity index (χ4v) is 3.12. The van der Waals surface area contributed by atoms with Gasteiger partial charge in [0.05, 0.1) is 4.90 Å². The Morgan fingerprint density at radius 3 is 2.18 bits per heavy atom. The molecule has 0 fully saturated rings. The third-order valence-corrected chi connectivity index (χ3v) is 4.40. The highest BCUT2D eigenvalue weighted by atomic mass is 32.2. The van der Waals surface area contributed by atoms with Crippen molar-refractivity contribution in [3.63, 3.8) is 0 Å².